The molecule has 0 heterocycles. The van der Waals surface area contributed by atoms with Crippen LogP contribution in [0.1, 0.15) is 50.7 Å². The molecule has 0 aliphatic heterocycles. The van der Waals surface area contributed by atoms with Gasteiger partial charge in [-0.2, -0.15) is 0 Å². The Morgan fingerprint density at radius 2 is 1.13 bits per heavy atom. The molecular formula is C18H26N3PS. The van der Waals surface area contributed by atoms with Crippen molar-refractivity contribution in [3.8, 4) is 0 Å². The van der Waals surface area contributed by atoms with Crippen LogP contribution in [0, 0.1) is 0 Å². The summed E-state index contributed by atoms with van der Waals surface area (Å²) in [7, 11) is 0. The molecule has 5 heteroatoms. The minimum absolute atomic E-state index is 0.362. The summed E-state index contributed by atoms with van der Waals surface area (Å²) < 4.78 is 1.99. The lowest BCUT2D eigenvalue weighted by molar-refractivity contribution is 0.858. The highest BCUT2D eigenvalue weighted by Crippen LogP contribution is 2.49. The summed E-state index contributed by atoms with van der Waals surface area (Å²) in [5.41, 5.74) is 17.1. The van der Waals surface area contributed by atoms with Gasteiger partial charge in [0.15, 0.2) is 6.49 Å². The summed E-state index contributed by atoms with van der Waals surface area (Å²) in [5.74, 6) is 0.725. The Bertz CT molecular complexity index is 670. The van der Waals surface area contributed by atoms with E-state index in [-0.39, 0.29) is 0 Å². The first-order valence-corrected chi connectivity index (χ1v) is 10.8. The second kappa shape index (κ2) is 7.14. The minimum Gasteiger partial charge on any atom is -0.290 e. The van der Waals surface area contributed by atoms with Crippen molar-refractivity contribution >= 4 is 29.7 Å². The second-order valence-corrected chi connectivity index (χ2v) is 9.91. The number of hydrogen-bond acceptors (Lipinski definition) is 1. The van der Waals surface area contributed by atoms with Crippen LogP contribution in [0.5, 0.6) is 0 Å². The van der Waals surface area contributed by atoms with E-state index in [1.165, 1.54) is 11.1 Å². The van der Waals surface area contributed by atoms with Gasteiger partial charge in [-0.3, -0.25) is 15.7 Å². The van der Waals surface area contributed by atoms with E-state index < -0.39 is 6.49 Å². The zero-order chi connectivity index (χ0) is 17.2. The van der Waals surface area contributed by atoms with Crippen molar-refractivity contribution in [1.29, 1.82) is 0 Å². The maximum Gasteiger partial charge on any atom is 0.163 e. The van der Waals surface area contributed by atoms with E-state index in [0.29, 0.717) is 11.8 Å². The highest BCUT2D eigenvalue weighted by atomic mass is 32.4. The molecule has 3 nitrogen and oxygen atoms in total. The van der Waals surface area contributed by atoms with Crippen molar-refractivity contribution in [1.82, 2.24) is 0 Å². The summed E-state index contributed by atoms with van der Waals surface area (Å²) >= 11 is 5.56. The predicted octanol–water partition coefficient (Wildman–Crippen LogP) is 5.21. The normalized spacial score (nSPS) is 12.0. The van der Waals surface area contributed by atoms with Crippen molar-refractivity contribution in [2.75, 3.05) is 4.67 Å². The molecule has 2 aromatic rings. The van der Waals surface area contributed by atoms with E-state index in [1.54, 1.807) is 0 Å². The molecule has 124 valence electrons. The smallest absolute Gasteiger partial charge is 0.163 e. The molecule has 0 unspecified atom stereocenters. The largest absolute Gasteiger partial charge is 0.290 e. The van der Waals surface area contributed by atoms with Crippen LogP contribution in [0.3, 0.4) is 0 Å². The third-order valence-corrected chi connectivity index (χ3v) is 5.43. The van der Waals surface area contributed by atoms with Gasteiger partial charge in [0.25, 0.3) is 0 Å². The van der Waals surface area contributed by atoms with Crippen LogP contribution in [0.4, 0.5) is 11.4 Å². The molecule has 0 saturated carbocycles. The lowest BCUT2D eigenvalue weighted by Crippen LogP contribution is -2.26. The van der Waals surface area contributed by atoms with Crippen LogP contribution in [0.2, 0.25) is 0 Å². The zero-order valence-electron chi connectivity index (χ0n) is 14.2. The summed E-state index contributed by atoms with van der Waals surface area (Å²) in [6.45, 7) is 5.99. The van der Waals surface area contributed by atoms with Gasteiger partial charge in [0.2, 0.25) is 0 Å². The van der Waals surface area contributed by atoms with Gasteiger partial charge >= 0.3 is 0 Å². The van der Waals surface area contributed by atoms with Gasteiger partial charge < -0.3 is 0 Å². The molecule has 2 aromatic carbocycles. The van der Waals surface area contributed by atoms with Crippen LogP contribution in [-0.4, -0.2) is 0 Å². The lowest BCUT2D eigenvalue weighted by Gasteiger charge is -2.35. The molecule has 0 aromatic heterocycles. The fourth-order valence-electron chi connectivity index (χ4n) is 2.80. The van der Waals surface area contributed by atoms with Gasteiger partial charge in [-0.05, 0) is 46.9 Å². The molecule has 0 bridgehead atoms. The van der Waals surface area contributed by atoms with Crippen LogP contribution >= 0.6 is 6.49 Å². The Balaban J connectivity index is 2.74. The lowest BCUT2D eigenvalue weighted by atomic mass is 9.98. The maximum absolute atomic E-state index is 6.31. The van der Waals surface area contributed by atoms with Crippen LogP contribution in [0.25, 0.3) is 0 Å². The third-order valence-electron chi connectivity index (χ3n) is 3.89. The third kappa shape index (κ3) is 4.02. The Kier molecular flexibility index (Phi) is 5.64. The van der Waals surface area contributed by atoms with Crippen molar-refractivity contribution in [3.05, 3.63) is 59.7 Å². The van der Waals surface area contributed by atoms with Crippen LogP contribution in [0.15, 0.2) is 48.5 Å². The summed E-state index contributed by atoms with van der Waals surface area (Å²) in [5, 5.41) is 0. The number of para-hydroxylation sites is 2. The molecule has 0 atom stereocenters. The van der Waals surface area contributed by atoms with Gasteiger partial charge in [0.05, 0.1) is 11.4 Å². The van der Waals surface area contributed by atoms with Crippen molar-refractivity contribution in [2.24, 2.45) is 11.0 Å². The Morgan fingerprint density at radius 3 is 1.43 bits per heavy atom. The molecular weight excluding hydrogens is 321 g/mol. The van der Waals surface area contributed by atoms with Gasteiger partial charge in [-0.25, -0.2) is 0 Å². The monoisotopic (exact) mass is 347 g/mol. The van der Waals surface area contributed by atoms with Gasteiger partial charge in [0.1, 0.15) is 0 Å². The topological polar surface area (TPSA) is 55.3 Å². The summed E-state index contributed by atoms with van der Waals surface area (Å²) in [6, 6.07) is 16.5. The Hall–Kier alpha value is -1.19. The standard InChI is InChI=1S/C18H26N3PS/c1-13(2)15-9-5-7-11-17(15)21(22(19,20)23)18-12-8-6-10-16(18)14(3)4/h5-14H,1-4H3,(H4,19,20,23). The average Bonchev–Trinajstić information content (AvgIpc) is 2.46. The van der Waals surface area contributed by atoms with Crippen LogP contribution < -0.4 is 15.7 Å². The fourth-order valence-corrected chi connectivity index (χ4v) is 4.37. The second-order valence-electron chi connectivity index (χ2n) is 6.41. The van der Waals surface area contributed by atoms with E-state index in [4.69, 9.17) is 22.8 Å². The van der Waals surface area contributed by atoms with E-state index in [9.17, 15) is 0 Å². The summed E-state index contributed by atoms with van der Waals surface area (Å²) in [4.78, 5) is 0. The molecule has 2 rings (SSSR count). The number of nitrogens with two attached hydrogens (primary N) is 2. The number of anilines is 2. The molecule has 0 spiro atoms. The first-order valence-electron chi connectivity index (χ1n) is 7.89. The first kappa shape index (κ1) is 18.2. The number of hydrogen-bond donors (Lipinski definition) is 2. The minimum atomic E-state index is -2.69. The average molecular weight is 347 g/mol. The molecule has 0 fully saturated rings. The van der Waals surface area contributed by atoms with Gasteiger partial charge in [-0.15, -0.1) is 0 Å². The van der Waals surface area contributed by atoms with Crippen LogP contribution in [-0.2, 0) is 11.8 Å². The maximum atomic E-state index is 6.31. The number of rotatable bonds is 5. The fraction of sp³-hybridized carbons (Fsp3) is 0.333. The van der Waals surface area contributed by atoms with Gasteiger partial charge in [-0.1, -0.05) is 64.1 Å². The van der Waals surface area contributed by atoms with Crippen molar-refractivity contribution in [3.63, 3.8) is 0 Å². The molecule has 23 heavy (non-hydrogen) atoms. The Morgan fingerprint density at radius 1 is 0.783 bits per heavy atom. The molecule has 0 saturated heterocycles. The molecule has 0 amide bonds. The number of benzene rings is 2. The van der Waals surface area contributed by atoms with E-state index in [0.717, 1.165) is 11.4 Å². The molecule has 0 aliphatic carbocycles. The van der Waals surface area contributed by atoms with Crippen molar-refractivity contribution in [2.45, 2.75) is 39.5 Å². The SMILES string of the molecule is CC(C)c1ccccc1N(c1ccccc1C(C)C)P(N)(N)=S. The molecule has 0 aliphatic rings. The highest BCUT2D eigenvalue weighted by Gasteiger charge is 2.25. The zero-order valence-corrected chi connectivity index (χ0v) is 15.9. The first-order chi connectivity index (χ1) is 10.7. The quantitative estimate of drug-likeness (QED) is 0.729. The number of nitrogens with zero attached hydrogens (tertiary/aromatic N) is 1. The van der Waals surface area contributed by atoms with Gasteiger partial charge in [0, 0.05) is 0 Å². The highest BCUT2D eigenvalue weighted by molar-refractivity contribution is 8.13. The molecule has 0 radical (unpaired) electrons. The van der Waals surface area contributed by atoms with E-state index >= 15 is 0 Å². The van der Waals surface area contributed by atoms with Crippen molar-refractivity contribution < 1.29 is 0 Å². The molecule has 4 N–H and O–H groups in total. The van der Waals surface area contributed by atoms with E-state index in [2.05, 4.69) is 52.0 Å². The Labute approximate surface area is 144 Å². The summed E-state index contributed by atoms with van der Waals surface area (Å²) in [6.07, 6.45) is 0. The van der Waals surface area contributed by atoms with E-state index in [1.807, 2.05) is 28.9 Å². The predicted molar refractivity (Wildman–Crippen MR) is 106 cm³/mol.